The quantitative estimate of drug-likeness (QED) is 0.283. The molecule has 5 heavy (non-hydrogen) atoms. The first-order valence-corrected chi connectivity index (χ1v) is 2.55. The summed E-state index contributed by atoms with van der Waals surface area (Å²) in [5.74, 6) is 0. The lowest BCUT2D eigenvalue weighted by Gasteiger charge is -1.51. The average Bonchev–Trinajstić information content (AvgIpc) is 1.41. The number of isocyanates is 1. The second kappa shape index (κ2) is 4.10. The predicted octanol–water partition coefficient (Wildman–Crippen LogP) is 1.34. The van der Waals surface area contributed by atoms with Crippen LogP contribution in [-0.2, 0) is 4.79 Å². The van der Waals surface area contributed by atoms with E-state index in [4.69, 9.17) is 16.0 Å². The van der Waals surface area contributed by atoms with Crippen LogP contribution in [0.15, 0.2) is 4.76 Å². The second-order valence-corrected chi connectivity index (χ2v) is 1.07. The van der Waals surface area contributed by atoms with Crippen LogP contribution < -0.4 is 0 Å². The lowest BCUT2D eigenvalue weighted by Crippen LogP contribution is -1.29. The standard InChI is InChI=1S/CClNOP/c2-5-3-1-4. The number of rotatable bonds is 1. The summed E-state index contributed by atoms with van der Waals surface area (Å²) < 4.78 is 2.90. The van der Waals surface area contributed by atoms with Gasteiger partial charge in [0.25, 0.3) is 0 Å². The van der Waals surface area contributed by atoms with Gasteiger partial charge in [-0.2, -0.15) is 4.76 Å². The van der Waals surface area contributed by atoms with E-state index in [0.717, 1.165) is 0 Å². The van der Waals surface area contributed by atoms with Gasteiger partial charge in [-0.3, -0.25) is 0 Å². The van der Waals surface area contributed by atoms with Crippen molar-refractivity contribution in [3.8, 4) is 0 Å². The third-order valence-corrected chi connectivity index (χ3v) is 0.463. The third kappa shape index (κ3) is 4.10. The van der Waals surface area contributed by atoms with Gasteiger partial charge in [0.15, 0.2) is 8.08 Å². The van der Waals surface area contributed by atoms with Crippen molar-refractivity contribution in [1.82, 2.24) is 0 Å². The highest BCUT2D eigenvalue weighted by atomic mass is 35.7. The van der Waals surface area contributed by atoms with Crippen LogP contribution in [0, 0.1) is 0 Å². The maximum absolute atomic E-state index is 9.02. The van der Waals surface area contributed by atoms with Gasteiger partial charge in [0.2, 0.25) is 6.08 Å². The lowest BCUT2D eigenvalue weighted by atomic mass is 11.7. The summed E-state index contributed by atoms with van der Waals surface area (Å²) in [5, 5.41) is 0. The molecule has 0 aliphatic rings. The number of nitrogens with zero attached hydrogens (tertiary/aromatic N) is 1. The van der Waals surface area contributed by atoms with Crippen molar-refractivity contribution in [1.29, 1.82) is 0 Å². The SMILES string of the molecule is O=C=N[P]Cl. The van der Waals surface area contributed by atoms with E-state index < -0.39 is 0 Å². The van der Waals surface area contributed by atoms with E-state index in [1.807, 2.05) is 0 Å². The van der Waals surface area contributed by atoms with Gasteiger partial charge in [-0.1, -0.05) is 11.2 Å². The molecule has 27 valence electrons. The number of halogens is 1. The van der Waals surface area contributed by atoms with Crippen molar-refractivity contribution in [2.45, 2.75) is 0 Å². The minimum atomic E-state index is 0.203. The minimum absolute atomic E-state index is 0.203. The molecule has 0 rings (SSSR count). The topological polar surface area (TPSA) is 29.4 Å². The van der Waals surface area contributed by atoms with Crippen molar-refractivity contribution in [3.05, 3.63) is 0 Å². The van der Waals surface area contributed by atoms with Crippen LogP contribution in [0.25, 0.3) is 0 Å². The Hall–Kier alpha value is 0.1000. The zero-order valence-electron chi connectivity index (χ0n) is 2.18. The van der Waals surface area contributed by atoms with E-state index in [-0.39, 0.29) is 8.08 Å². The molecule has 0 aromatic carbocycles. The van der Waals surface area contributed by atoms with Gasteiger partial charge in [0.1, 0.15) is 0 Å². The number of hydrogen-bond acceptors (Lipinski definition) is 2. The number of hydrogen-bond donors (Lipinski definition) is 0. The van der Waals surface area contributed by atoms with Gasteiger partial charge in [-0.05, 0) is 0 Å². The zero-order valence-corrected chi connectivity index (χ0v) is 3.83. The molecule has 0 fully saturated rings. The van der Waals surface area contributed by atoms with Crippen molar-refractivity contribution in [2.24, 2.45) is 4.76 Å². The van der Waals surface area contributed by atoms with Crippen LogP contribution in [0.5, 0.6) is 0 Å². The van der Waals surface area contributed by atoms with E-state index in [0.29, 0.717) is 0 Å². The van der Waals surface area contributed by atoms with E-state index in [1.165, 1.54) is 6.08 Å². The van der Waals surface area contributed by atoms with Crippen LogP contribution in [-0.4, -0.2) is 6.08 Å². The highest BCUT2D eigenvalue weighted by Crippen LogP contribution is 2.14. The summed E-state index contributed by atoms with van der Waals surface area (Å²) in [5.41, 5.74) is 0. The molecule has 4 heteroatoms. The largest absolute Gasteiger partial charge is 0.240 e. The van der Waals surface area contributed by atoms with Crippen molar-refractivity contribution >= 4 is 25.4 Å². The van der Waals surface area contributed by atoms with E-state index in [1.54, 1.807) is 0 Å². The van der Waals surface area contributed by atoms with Gasteiger partial charge in [-0.25, -0.2) is 4.79 Å². The molecule has 0 amide bonds. The Kier molecular flexibility index (Phi) is 4.18. The molecular weight excluding hydrogens is 108 g/mol. The molecule has 0 heterocycles. The average molecular weight is 108 g/mol. The minimum Gasteiger partial charge on any atom is -0.211 e. The normalized spacial score (nSPS) is 8.20. The maximum atomic E-state index is 9.02. The van der Waals surface area contributed by atoms with Gasteiger partial charge in [0.05, 0.1) is 0 Å². The van der Waals surface area contributed by atoms with E-state index in [9.17, 15) is 0 Å². The highest BCUT2D eigenvalue weighted by molar-refractivity contribution is 7.67. The Morgan fingerprint density at radius 1 is 2.00 bits per heavy atom. The smallest absolute Gasteiger partial charge is 0.211 e. The summed E-state index contributed by atoms with van der Waals surface area (Å²) >= 11 is 4.84. The molecule has 2 nitrogen and oxygen atoms in total. The van der Waals surface area contributed by atoms with Crippen molar-refractivity contribution in [3.63, 3.8) is 0 Å². The highest BCUT2D eigenvalue weighted by Gasteiger charge is 1.58. The molecule has 1 radical (unpaired) electrons. The molecule has 0 bridgehead atoms. The van der Waals surface area contributed by atoms with Gasteiger partial charge in [0, 0.05) is 0 Å². The Labute approximate surface area is 35.9 Å². The van der Waals surface area contributed by atoms with Crippen LogP contribution in [0.2, 0.25) is 0 Å². The number of carbonyl (C=O) groups excluding carboxylic acids is 1. The fourth-order valence-corrected chi connectivity index (χ4v) is 0.139. The van der Waals surface area contributed by atoms with Crippen molar-refractivity contribution in [2.75, 3.05) is 0 Å². The van der Waals surface area contributed by atoms with Crippen LogP contribution >= 0.6 is 19.3 Å². The van der Waals surface area contributed by atoms with Crippen molar-refractivity contribution < 1.29 is 4.79 Å². The Morgan fingerprint density at radius 3 is 2.60 bits per heavy atom. The molecule has 0 aromatic heterocycles. The molecule has 0 aliphatic carbocycles. The van der Waals surface area contributed by atoms with Crippen LogP contribution in [0.1, 0.15) is 0 Å². The molecule has 0 spiro atoms. The van der Waals surface area contributed by atoms with E-state index >= 15 is 0 Å². The maximum Gasteiger partial charge on any atom is 0.240 e. The molecule has 0 aromatic rings. The Morgan fingerprint density at radius 2 is 2.60 bits per heavy atom. The molecule has 0 saturated heterocycles. The van der Waals surface area contributed by atoms with Gasteiger partial charge < -0.3 is 0 Å². The molecule has 0 aliphatic heterocycles. The summed E-state index contributed by atoms with van der Waals surface area (Å²) in [4.78, 5) is 9.02. The molecule has 0 unspecified atom stereocenters. The lowest BCUT2D eigenvalue weighted by molar-refractivity contribution is 0.566. The van der Waals surface area contributed by atoms with Crippen LogP contribution in [0.4, 0.5) is 0 Å². The molecular formula is CClNOP. The third-order valence-electron chi connectivity index (χ3n) is 0.0786. The van der Waals surface area contributed by atoms with Gasteiger partial charge >= 0.3 is 0 Å². The summed E-state index contributed by atoms with van der Waals surface area (Å²) in [7, 11) is 0.203. The molecule has 0 atom stereocenters. The molecule has 0 saturated carbocycles. The Balaban J connectivity index is 2.93. The predicted molar refractivity (Wildman–Crippen MR) is 20.9 cm³/mol. The first-order chi connectivity index (χ1) is 2.41. The fourth-order valence-electron chi connectivity index (χ4n) is 0.0154. The summed E-state index contributed by atoms with van der Waals surface area (Å²) in [6.07, 6.45) is 1.25. The first kappa shape index (κ1) is 5.10. The second-order valence-electron chi connectivity index (χ2n) is 0.267. The monoisotopic (exact) mass is 108 g/mol. The fraction of sp³-hybridized carbons (Fsp3) is 0. The summed E-state index contributed by atoms with van der Waals surface area (Å²) in [6.45, 7) is 0. The zero-order chi connectivity index (χ0) is 4.12. The summed E-state index contributed by atoms with van der Waals surface area (Å²) in [6, 6.07) is 0. The molecule has 0 N–H and O–H groups in total. The van der Waals surface area contributed by atoms with E-state index in [2.05, 4.69) is 4.76 Å². The van der Waals surface area contributed by atoms with Gasteiger partial charge in [-0.15, -0.1) is 0 Å². The first-order valence-electron chi connectivity index (χ1n) is 0.797. The Bertz CT molecular complexity index is 58.7. The van der Waals surface area contributed by atoms with Crippen LogP contribution in [0.3, 0.4) is 0 Å².